The number of allylic oxidation sites excluding steroid dienone is 4. The van der Waals surface area contributed by atoms with Gasteiger partial charge >= 0.3 is 0 Å². The second kappa shape index (κ2) is 8.21. The van der Waals surface area contributed by atoms with Gasteiger partial charge in [0.2, 0.25) is 0 Å². The molecule has 0 amide bonds. The maximum atomic E-state index is 12.4. The molecule has 2 aromatic rings. The highest BCUT2D eigenvalue weighted by Crippen LogP contribution is 2.13. The van der Waals surface area contributed by atoms with E-state index in [0.29, 0.717) is 23.1 Å². The predicted octanol–water partition coefficient (Wildman–Crippen LogP) is 5.32. The minimum atomic E-state index is -0.0300. The fourth-order valence-electron chi connectivity index (χ4n) is 2.25. The van der Waals surface area contributed by atoms with Crippen molar-refractivity contribution < 1.29 is 9.59 Å². The molecule has 2 rings (SSSR count). The van der Waals surface area contributed by atoms with Gasteiger partial charge in [0.05, 0.1) is 0 Å². The van der Waals surface area contributed by atoms with E-state index < -0.39 is 0 Å². The Bertz CT molecular complexity index is 776. The standard InChI is InChI=1S/C22H22O2/c1-4-16(2)6-5-7-21(23)18-12-14-20(15-13-18)22(24)19-10-8-17(3)9-11-19/h4-6,8-15H,7H2,1-3H3/b6-5-,16-4-. The molecule has 0 aliphatic carbocycles. The monoisotopic (exact) mass is 318 g/mol. The van der Waals surface area contributed by atoms with E-state index in [2.05, 4.69) is 0 Å². The lowest BCUT2D eigenvalue weighted by molar-refractivity contribution is 0.0992. The molecule has 0 aliphatic heterocycles. The third-order valence-electron chi connectivity index (χ3n) is 3.92. The molecular weight excluding hydrogens is 296 g/mol. The van der Waals surface area contributed by atoms with E-state index in [1.54, 1.807) is 24.3 Å². The molecule has 0 fully saturated rings. The molecule has 0 radical (unpaired) electrons. The van der Waals surface area contributed by atoms with Crippen LogP contribution in [0.15, 0.2) is 72.3 Å². The molecule has 0 unspecified atom stereocenters. The number of Topliss-reactive ketones (excluding diaryl/α,β-unsaturated/α-hetero) is 1. The summed E-state index contributed by atoms with van der Waals surface area (Å²) in [6, 6.07) is 14.4. The molecule has 2 heteroatoms. The van der Waals surface area contributed by atoms with Crippen LogP contribution in [-0.2, 0) is 0 Å². The van der Waals surface area contributed by atoms with Crippen LogP contribution in [0.2, 0.25) is 0 Å². The van der Waals surface area contributed by atoms with Gasteiger partial charge in [-0.3, -0.25) is 9.59 Å². The third kappa shape index (κ3) is 4.63. The lowest BCUT2D eigenvalue weighted by atomic mass is 9.99. The van der Waals surface area contributed by atoms with Gasteiger partial charge in [-0.25, -0.2) is 0 Å². The summed E-state index contributed by atoms with van der Waals surface area (Å²) in [6.07, 6.45) is 6.15. The zero-order valence-corrected chi connectivity index (χ0v) is 14.4. The summed E-state index contributed by atoms with van der Waals surface area (Å²) < 4.78 is 0. The fourth-order valence-corrected chi connectivity index (χ4v) is 2.25. The lowest BCUT2D eigenvalue weighted by Gasteiger charge is -2.03. The zero-order valence-electron chi connectivity index (χ0n) is 14.4. The van der Waals surface area contributed by atoms with Crippen molar-refractivity contribution in [3.63, 3.8) is 0 Å². The average Bonchev–Trinajstić information content (AvgIpc) is 2.61. The van der Waals surface area contributed by atoms with Gasteiger partial charge < -0.3 is 0 Å². The van der Waals surface area contributed by atoms with E-state index in [9.17, 15) is 9.59 Å². The summed E-state index contributed by atoms with van der Waals surface area (Å²) in [5.74, 6) is 0.0158. The summed E-state index contributed by atoms with van der Waals surface area (Å²) in [4.78, 5) is 24.6. The molecule has 0 aromatic heterocycles. The number of hydrogen-bond acceptors (Lipinski definition) is 2. The molecule has 2 nitrogen and oxygen atoms in total. The first-order valence-corrected chi connectivity index (χ1v) is 8.05. The van der Waals surface area contributed by atoms with Gasteiger partial charge in [-0.1, -0.05) is 77.9 Å². The molecule has 0 saturated heterocycles. The van der Waals surface area contributed by atoms with Gasteiger partial charge in [0.1, 0.15) is 0 Å². The number of benzene rings is 2. The molecule has 0 heterocycles. The van der Waals surface area contributed by atoms with Crippen molar-refractivity contribution in [1.82, 2.24) is 0 Å². The van der Waals surface area contributed by atoms with E-state index in [1.807, 2.05) is 63.3 Å². The summed E-state index contributed by atoms with van der Waals surface area (Å²) in [5, 5.41) is 0. The van der Waals surface area contributed by atoms with Crippen LogP contribution in [0, 0.1) is 6.92 Å². The minimum Gasteiger partial charge on any atom is -0.294 e. The Morgan fingerprint density at radius 3 is 1.92 bits per heavy atom. The molecule has 122 valence electrons. The molecular formula is C22H22O2. The van der Waals surface area contributed by atoms with Gasteiger partial charge in [-0.2, -0.15) is 0 Å². The SMILES string of the molecule is C/C=C(C)\C=C/CC(=O)c1ccc(C(=O)c2ccc(C)cc2)cc1. The number of ketones is 2. The molecule has 0 spiro atoms. The second-order valence-corrected chi connectivity index (χ2v) is 5.83. The Labute approximate surface area is 143 Å². The topological polar surface area (TPSA) is 34.1 Å². The van der Waals surface area contributed by atoms with Gasteiger partial charge in [-0.05, 0) is 20.8 Å². The van der Waals surface area contributed by atoms with Gasteiger partial charge in [0, 0.05) is 23.1 Å². The number of carbonyl (C=O) groups excluding carboxylic acids is 2. The van der Waals surface area contributed by atoms with Crippen LogP contribution in [0.3, 0.4) is 0 Å². The van der Waals surface area contributed by atoms with Crippen molar-refractivity contribution in [3.05, 3.63) is 94.6 Å². The van der Waals surface area contributed by atoms with E-state index in [1.165, 1.54) is 0 Å². The van der Waals surface area contributed by atoms with Crippen molar-refractivity contribution in [3.8, 4) is 0 Å². The molecule has 2 aromatic carbocycles. The maximum absolute atomic E-state index is 12.4. The number of aryl methyl sites for hydroxylation is 1. The quantitative estimate of drug-likeness (QED) is 0.533. The van der Waals surface area contributed by atoms with Crippen LogP contribution in [0.25, 0.3) is 0 Å². The Kier molecular flexibility index (Phi) is 6.02. The summed E-state index contributed by atoms with van der Waals surface area (Å²) in [6.45, 7) is 5.94. The van der Waals surface area contributed by atoms with Crippen molar-refractivity contribution in [2.45, 2.75) is 27.2 Å². The molecule has 0 aliphatic rings. The van der Waals surface area contributed by atoms with Crippen molar-refractivity contribution in [2.75, 3.05) is 0 Å². The Balaban J connectivity index is 2.07. The molecule has 0 atom stereocenters. The van der Waals surface area contributed by atoms with Gasteiger partial charge in [0.15, 0.2) is 11.6 Å². The zero-order chi connectivity index (χ0) is 17.5. The largest absolute Gasteiger partial charge is 0.294 e. The number of hydrogen-bond donors (Lipinski definition) is 0. The molecule has 0 bridgehead atoms. The van der Waals surface area contributed by atoms with Crippen molar-refractivity contribution in [1.29, 1.82) is 0 Å². The van der Waals surface area contributed by atoms with Crippen LogP contribution >= 0.6 is 0 Å². The Morgan fingerprint density at radius 1 is 0.875 bits per heavy atom. The van der Waals surface area contributed by atoms with E-state index in [-0.39, 0.29) is 11.6 Å². The summed E-state index contributed by atoms with van der Waals surface area (Å²) in [7, 11) is 0. The van der Waals surface area contributed by atoms with E-state index in [4.69, 9.17) is 0 Å². The van der Waals surface area contributed by atoms with Crippen LogP contribution in [0.5, 0.6) is 0 Å². The average molecular weight is 318 g/mol. The third-order valence-corrected chi connectivity index (χ3v) is 3.92. The first-order chi connectivity index (χ1) is 11.5. The highest BCUT2D eigenvalue weighted by Gasteiger charge is 2.10. The second-order valence-electron chi connectivity index (χ2n) is 5.83. The van der Waals surface area contributed by atoms with E-state index >= 15 is 0 Å². The molecule has 0 N–H and O–H groups in total. The van der Waals surface area contributed by atoms with Crippen LogP contribution in [0.1, 0.15) is 52.1 Å². The van der Waals surface area contributed by atoms with Gasteiger partial charge in [-0.15, -0.1) is 0 Å². The summed E-state index contributed by atoms with van der Waals surface area (Å²) >= 11 is 0. The Morgan fingerprint density at radius 2 is 1.38 bits per heavy atom. The smallest absolute Gasteiger partial charge is 0.193 e. The van der Waals surface area contributed by atoms with Crippen LogP contribution < -0.4 is 0 Å². The minimum absolute atomic E-state index is 0.0300. The van der Waals surface area contributed by atoms with Crippen molar-refractivity contribution >= 4 is 11.6 Å². The normalized spacial score (nSPS) is 11.7. The first kappa shape index (κ1) is 17.6. The van der Waals surface area contributed by atoms with Gasteiger partial charge in [0.25, 0.3) is 0 Å². The highest BCUT2D eigenvalue weighted by molar-refractivity contribution is 6.09. The van der Waals surface area contributed by atoms with Crippen molar-refractivity contribution in [2.24, 2.45) is 0 Å². The fraction of sp³-hybridized carbons (Fsp3) is 0.182. The highest BCUT2D eigenvalue weighted by atomic mass is 16.1. The molecule has 0 saturated carbocycles. The lowest BCUT2D eigenvalue weighted by Crippen LogP contribution is -2.03. The number of carbonyl (C=O) groups is 2. The van der Waals surface area contributed by atoms with E-state index in [0.717, 1.165) is 11.1 Å². The maximum Gasteiger partial charge on any atom is 0.193 e. The number of rotatable bonds is 6. The van der Waals surface area contributed by atoms with Crippen LogP contribution in [0.4, 0.5) is 0 Å². The van der Waals surface area contributed by atoms with Crippen LogP contribution in [-0.4, -0.2) is 11.6 Å². The molecule has 24 heavy (non-hydrogen) atoms. The first-order valence-electron chi connectivity index (χ1n) is 8.05. The Hall–Kier alpha value is -2.74. The predicted molar refractivity (Wildman–Crippen MR) is 98.6 cm³/mol. The summed E-state index contributed by atoms with van der Waals surface area (Å²) in [5.41, 5.74) is 4.12.